The van der Waals surface area contributed by atoms with Crippen molar-refractivity contribution < 1.29 is 9.47 Å². The van der Waals surface area contributed by atoms with Crippen LogP contribution in [0.2, 0.25) is 0 Å². The third kappa shape index (κ3) is 9.77. The number of aliphatic imine (C=N–C) groups is 1. The van der Waals surface area contributed by atoms with Crippen molar-refractivity contribution in [3.05, 3.63) is 0 Å². The Morgan fingerprint density at radius 2 is 2.20 bits per heavy atom. The molecule has 2 N–H and O–H groups in total. The van der Waals surface area contributed by atoms with Crippen LogP contribution in [-0.4, -0.2) is 51.5 Å². The van der Waals surface area contributed by atoms with Gasteiger partial charge in [-0.25, -0.2) is 0 Å². The molecule has 1 atom stereocenters. The number of guanidine groups is 1. The van der Waals surface area contributed by atoms with Gasteiger partial charge >= 0.3 is 0 Å². The van der Waals surface area contributed by atoms with Crippen LogP contribution < -0.4 is 10.6 Å². The molecular formula is C14H30IN3O2. The van der Waals surface area contributed by atoms with Gasteiger partial charge in [-0.05, 0) is 25.7 Å². The fourth-order valence-electron chi connectivity index (χ4n) is 1.79. The van der Waals surface area contributed by atoms with Crippen molar-refractivity contribution in [1.82, 2.24) is 10.6 Å². The zero-order valence-corrected chi connectivity index (χ0v) is 15.3. The van der Waals surface area contributed by atoms with E-state index < -0.39 is 0 Å². The molecule has 6 heteroatoms. The largest absolute Gasteiger partial charge is 0.379 e. The van der Waals surface area contributed by atoms with Crippen LogP contribution in [0, 0.1) is 5.92 Å². The second kappa shape index (κ2) is 12.6. The van der Waals surface area contributed by atoms with Crippen molar-refractivity contribution in [3.63, 3.8) is 0 Å². The van der Waals surface area contributed by atoms with Crippen molar-refractivity contribution in [2.24, 2.45) is 10.9 Å². The molecule has 0 aromatic heterocycles. The molecular weight excluding hydrogens is 369 g/mol. The third-order valence-electron chi connectivity index (χ3n) is 2.81. The molecule has 0 amide bonds. The Bertz CT molecular complexity index is 257. The SMILES string of the molecule is CCNC(=NCC(C)C)NCCCOC1CCOC1.I. The predicted molar refractivity (Wildman–Crippen MR) is 94.0 cm³/mol. The zero-order valence-electron chi connectivity index (χ0n) is 13.0. The molecule has 120 valence electrons. The van der Waals surface area contributed by atoms with Crippen LogP contribution in [0.25, 0.3) is 0 Å². The van der Waals surface area contributed by atoms with E-state index in [-0.39, 0.29) is 24.0 Å². The third-order valence-corrected chi connectivity index (χ3v) is 2.81. The van der Waals surface area contributed by atoms with Gasteiger partial charge in [-0.3, -0.25) is 4.99 Å². The first kappa shape index (κ1) is 19.9. The first-order valence-electron chi connectivity index (χ1n) is 7.44. The van der Waals surface area contributed by atoms with Gasteiger partial charge in [0.2, 0.25) is 0 Å². The van der Waals surface area contributed by atoms with Crippen molar-refractivity contribution in [1.29, 1.82) is 0 Å². The zero-order chi connectivity index (χ0) is 13.9. The van der Waals surface area contributed by atoms with E-state index in [0.29, 0.717) is 12.0 Å². The lowest BCUT2D eigenvalue weighted by molar-refractivity contribution is 0.0420. The molecule has 1 saturated heterocycles. The maximum Gasteiger partial charge on any atom is 0.191 e. The summed E-state index contributed by atoms with van der Waals surface area (Å²) in [4.78, 5) is 4.52. The molecule has 0 spiro atoms. The Hall–Kier alpha value is -0.0800. The molecule has 0 saturated carbocycles. The van der Waals surface area contributed by atoms with Gasteiger partial charge in [0.25, 0.3) is 0 Å². The minimum atomic E-state index is 0. The normalized spacial score (nSPS) is 19.0. The number of ether oxygens (including phenoxy) is 2. The van der Waals surface area contributed by atoms with Gasteiger partial charge in [-0.15, -0.1) is 24.0 Å². The second-order valence-corrected chi connectivity index (χ2v) is 5.25. The van der Waals surface area contributed by atoms with Crippen molar-refractivity contribution in [2.45, 2.75) is 39.7 Å². The van der Waals surface area contributed by atoms with Gasteiger partial charge in [-0.1, -0.05) is 13.8 Å². The van der Waals surface area contributed by atoms with E-state index in [1.807, 2.05) is 0 Å². The topological polar surface area (TPSA) is 54.9 Å². The fraction of sp³-hybridized carbons (Fsp3) is 0.929. The number of nitrogens with zero attached hydrogens (tertiary/aromatic N) is 1. The van der Waals surface area contributed by atoms with E-state index in [1.165, 1.54) is 0 Å². The van der Waals surface area contributed by atoms with Crippen LogP contribution >= 0.6 is 24.0 Å². The Labute approximate surface area is 140 Å². The van der Waals surface area contributed by atoms with E-state index in [1.54, 1.807) is 0 Å². The smallest absolute Gasteiger partial charge is 0.191 e. The minimum Gasteiger partial charge on any atom is -0.379 e. The summed E-state index contributed by atoms with van der Waals surface area (Å²) in [5.41, 5.74) is 0. The molecule has 0 radical (unpaired) electrons. The highest BCUT2D eigenvalue weighted by atomic mass is 127. The summed E-state index contributed by atoms with van der Waals surface area (Å²) >= 11 is 0. The average molecular weight is 399 g/mol. The molecule has 1 rings (SSSR count). The Morgan fingerprint density at radius 3 is 2.80 bits per heavy atom. The summed E-state index contributed by atoms with van der Waals surface area (Å²) < 4.78 is 11.0. The maximum absolute atomic E-state index is 5.72. The van der Waals surface area contributed by atoms with Crippen LogP contribution in [0.4, 0.5) is 0 Å². The quantitative estimate of drug-likeness (QED) is 0.284. The van der Waals surface area contributed by atoms with E-state index in [4.69, 9.17) is 9.47 Å². The summed E-state index contributed by atoms with van der Waals surface area (Å²) in [5, 5.41) is 6.58. The summed E-state index contributed by atoms with van der Waals surface area (Å²) in [5.74, 6) is 1.49. The molecule has 5 nitrogen and oxygen atoms in total. The van der Waals surface area contributed by atoms with Crippen molar-refractivity contribution in [3.8, 4) is 0 Å². The number of hydrogen-bond acceptors (Lipinski definition) is 3. The molecule has 1 unspecified atom stereocenters. The van der Waals surface area contributed by atoms with Crippen molar-refractivity contribution >= 4 is 29.9 Å². The molecule has 0 aromatic rings. The highest BCUT2D eigenvalue weighted by Gasteiger charge is 2.15. The minimum absolute atomic E-state index is 0. The van der Waals surface area contributed by atoms with Gasteiger partial charge in [0.15, 0.2) is 5.96 Å². The van der Waals surface area contributed by atoms with Crippen LogP contribution in [-0.2, 0) is 9.47 Å². The predicted octanol–water partition coefficient (Wildman–Crippen LogP) is 2.01. The van der Waals surface area contributed by atoms with Gasteiger partial charge < -0.3 is 20.1 Å². The van der Waals surface area contributed by atoms with Gasteiger partial charge in [-0.2, -0.15) is 0 Å². The molecule has 0 bridgehead atoms. The van der Waals surface area contributed by atoms with Gasteiger partial charge in [0, 0.05) is 32.8 Å². The summed E-state index contributed by atoms with van der Waals surface area (Å²) in [6.45, 7) is 11.4. The summed E-state index contributed by atoms with van der Waals surface area (Å²) in [6.07, 6.45) is 2.33. The molecule has 0 aliphatic carbocycles. The number of halogens is 1. The number of hydrogen-bond donors (Lipinski definition) is 2. The van der Waals surface area contributed by atoms with E-state index in [9.17, 15) is 0 Å². The Balaban J connectivity index is 0.00000361. The van der Waals surface area contributed by atoms with Gasteiger partial charge in [0.1, 0.15) is 0 Å². The summed E-state index contributed by atoms with van der Waals surface area (Å²) in [7, 11) is 0. The lowest BCUT2D eigenvalue weighted by atomic mass is 10.2. The highest BCUT2D eigenvalue weighted by molar-refractivity contribution is 14.0. The number of rotatable bonds is 8. The molecule has 1 heterocycles. The standard InChI is InChI=1S/C14H29N3O2.HI/c1-4-15-14(17-10-12(2)3)16-7-5-8-19-13-6-9-18-11-13;/h12-13H,4-11H2,1-3H3,(H2,15,16,17);1H. The Morgan fingerprint density at radius 1 is 1.40 bits per heavy atom. The molecule has 20 heavy (non-hydrogen) atoms. The fourth-order valence-corrected chi connectivity index (χ4v) is 1.79. The van der Waals surface area contributed by atoms with Gasteiger partial charge in [0.05, 0.1) is 12.7 Å². The molecule has 1 aliphatic rings. The molecule has 1 aliphatic heterocycles. The van der Waals surface area contributed by atoms with Crippen LogP contribution in [0.15, 0.2) is 4.99 Å². The van der Waals surface area contributed by atoms with Crippen molar-refractivity contribution in [2.75, 3.05) is 39.5 Å². The monoisotopic (exact) mass is 399 g/mol. The maximum atomic E-state index is 5.72. The van der Waals surface area contributed by atoms with Crippen LogP contribution in [0.5, 0.6) is 0 Å². The van der Waals surface area contributed by atoms with E-state index in [0.717, 1.165) is 58.3 Å². The lowest BCUT2D eigenvalue weighted by Gasteiger charge is -2.13. The lowest BCUT2D eigenvalue weighted by Crippen LogP contribution is -2.38. The second-order valence-electron chi connectivity index (χ2n) is 5.25. The molecule has 1 fully saturated rings. The first-order chi connectivity index (χ1) is 9.22. The summed E-state index contributed by atoms with van der Waals surface area (Å²) in [6, 6.07) is 0. The first-order valence-corrected chi connectivity index (χ1v) is 7.44. The number of nitrogens with one attached hydrogen (secondary N) is 2. The van der Waals surface area contributed by atoms with Crippen LogP contribution in [0.3, 0.4) is 0 Å². The highest BCUT2D eigenvalue weighted by Crippen LogP contribution is 2.07. The Kier molecular flexibility index (Phi) is 12.6. The molecule has 0 aromatic carbocycles. The van der Waals surface area contributed by atoms with E-state index >= 15 is 0 Å². The van der Waals surface area contributed by atoms with E-state index in [2.05, 4.69) is 36.4 Å². The average Bonchev–Trinajstić information content (AvgIpc) is 2.88. The van der Waals surface area contributed by atoms with Crippen LogP contribution in [0.1, 0.15) is 33.6 Å².